The van der Waals surface area contributed by atoms with Gasteiger partial charge in [-0.2, -0.15) is 18.0 Å². The fourth-order valence-electron chi connectivity index (χ4n) is 3.45. The van der Waals surface area contributed by atoms with E-state index in [0.29, 0.717) is 17.1 Å². The summed E-state index contributed by atoms with van der Waals surface area (Å²) in [6.07, 6.45) is -7.23. The number of rotatable bonds is 5. The number of tetrazole rings is 1. The van der Waals surface area contributed by atoms with Gasteiger partial charge in [-0.25, -0.2) is 13.8 Å². The lowest BCUT2D eigenvalue weighted by atomic mass is 10.1. The molecule has 38 heavy (non-hydrogen) atoms. The van der Waals surface area contributed by atoms with Gasteiger partial charge in [0.05, 0.1) is 18.3 Å². The largest absolute Gasteiger partial charge is 0.466 e. The molecule has 5 rings (SSSR count). The number of carbonyl (C=O) groups is 1. The fourth-order valence-corrected chi connectivity index (χ4v) is 3.45. The average Bonchev–Trinajstić information content (AvgIpc) is 3.42. The number of carbonyl (C=O) groups excluding carboxylic acids is 1. The Hall–Kier alpha value is -3.50. The molecule has 1 aromatic carbocycles. The summed E-state index contributed by atoms with van der Waals surface area (Å²) in [6.45, 7) is -0.566. The van der Waals surface area contributed by atoms with E-state index in [1.807, 2.05) is 0 Å². The van der Waals surface area contributed by atoms with Gasteiger partial charge in [-0.3, -0.25) is 9.88 Å². The molecule has 1 aliphatic heterocycles. The van der Waals surface area contributed by atoms with E-state index in [1.165, 1.54) is 18.3 Å². The summed E-state index contributed by atoms with van der Waals surface area (Å²) < 4.78 is 66.4. The summed E-state index contributed by atoms with van der Waals surface area (Å²) in [5, 5.41) is 21.6. The number of anilines is 1. The SMILES string of the molecule is O=C1O[C@H](C(O)C(F)(F)F)CN1c1ccc(-c2ccc(-c3nnn(C4CC4)n3)nc2)c(F)c1.O=P(O)(O)O. The minimum absolute atomic E-state index is 0.00333. The molecule has 13 nitrogen and oxygen atoms in total. The summed E-state index contributed by atoms with van der Waals surface area (Å²) >= 11 is 0. The van der Waals surface area contributed by atoms with Gasteiger partial charge >= 0.3 is 20.1 Å². The number of halogens is 4. The van der Waals surface area contributed by atoms with Crippen molar-refractivity contribution in [2.24, 2.45) is 0 Å². The first-order valence-electron chi connectivity index (χ1n) is 10.8. The summed E-state index contributed by atoms with van der Waals surface area (Å²) in [7, 11) is -4.64. The third kappa shape index (κ3) is 6.68. The Morgan fingerprint density at radius 1 is 1.13 bits per heavy atom. The smallest absolute Gasteiger partial charge is 0.441 e. The standard InChI is InChI=1S/C20H16F4N6O3.H3O4P/c21-14-7-12(29-9-16(33-19(29)32)17(31)20(22,23)24)4-5-13(14)10-1-6-15(25-8-10)18-26-28-30(27-18)11-2-3-11;1-5(2,3)4/h1,4-8,11,16-17,31H,2-3,9H2;(H3,1,2,3,4)/t16-,17?;/m0./s1. The van der Waals surface area contributed by atoms with Gasteiger partial charge in [-0.05, 0) is 42.3 Å². The number of aliphatic hydroxyl groups is 1. The third-order valence-electron chi connectivity index (χ3n) is 5.39. The monoisotopic (exact) mass is 562 g/mol. The van der Waals surface area contributed by atoms with Gasteiger partial charge in [-0.15, -0.1) is 10.2 Å². The Labute approximate surface area is 210 Å². The highest BCUT2D eigenvalue weighted by molar-refractivity contribution is 7.45. The van der Waals surface area contributed by atoms with Crippen LogP contribution < -0.4 is 4.90 Å². The van der Waals surface area contributed by atoms with E-state index in [0.717, 1.165) is 23.8 Å². The van der Waals surface area contributed by atoms with Gasteiger partial charge in [0.1, 0.15) is 11.5 Å². The van der Waals surface area contributed by atoms with Crippen molar-refractivity contribution in [2.45, 2.75) is 37.3 Å². The molecular weight excluding hydrogens is 543 g/mol. The number of nitrogens with zero attached hydrogens (tertiary/aromatic N) is 6. The number of aliphatic hydroxyl groups excluding tert-OH is 1. The van der Waals surface area contributed by atoms with Crippen LogP contribution in [0.2, 0.25) is 0 Å². The number of aromatic nitrogens is 5. The Morgan fingerprint density at radius 2 is 1.82 bits per heavy atom. The summed E-state index contributed by atoms with van der Waals surface area (Å²) in [5.74, 6) is -0.361. The molecule has 2 atom stereocenters. The number of benzene rings is 1. The lowest BCUT2D eigenvalue weighted by Gasteiger charge is -2.19. The van der Waals surface area contributed by atoms with Crippen LogP contribution in [-0.4, -0.2) is 76.0 Å². The van der Waals surface area contributed by atoms with Crippen molar-refractivity contribution in [2.75, 3.05) is 11.4 Å². The van der Waals surface area contributed by atoms with E-state index >= 15 is 0 Å². The summed E-state index contributed by atoms with van der Waals surface area (Å²) in [5.41, 5.74) is 1.08. The van der Waals surface area contributed by atoms with E-state index < -0.39 is 44.7 Å². The molecule has 2 aliphatic rings. The lowest BCUT2D eigenvalue weighted by molar-refractivity contribution is -0.224. The number of pyridine rings is 1. The topological polar surface area (TPSA) is 184 Å². The van der Waals surface area contributed by atoms with E-state index in [9.17, 15) is 27.5 Å². The van der Waals surface area contributed by atoms with E-state index in [1.54, 1.807) is 16.9 Å². The molecular formula is C20H19F4N6O7P. The van der Waals surface area contributed by atoms with Crippen LogP contribution in [0.4, 0.5) is 28.0 Å². The van der Waals surface area contributed by atoms with Crippen molar-refractivity contribution < 1.29 is 51.4 Å². The number of ether oxygens (including phenoxy) is 1. The van der Waals surface area contributed by atoms with Gasteiger partial charge in [-0.1, -0.05) is 6.07 Å². The van der Waals surface area contributed by atoms with Crippen LogP contribution in [-0.2, 0) is 9.30 Å². The van der Waals surface area contributed by atoms with E-state index in [2.05, 4.69) is 25.1 Å². The average molecular weight is 562 g/mol. The third-order valence-corrected chi connectivity index (χ3v) is 5.39. The second-order valence-corrected chi connectivity index (χ2v) is 9.32. The van der Waals surface area contributed by atoms with Crippen molar-refractivity contribution in [3.05, 3.63) is 42.3 Å². The maximum absolute atomic E-state index is 14.8. The molecule has 1 saturated heterocycles. The number of hydrogen-bond acceptors (Lipinski definition) is 8. The van der Waals surface area contributed by atoms with Crippen molar-refractivity contribution >= 4 is 19.6 Å². The Bertz CT molecular complexity index is 1350. The highest BCUT2D eigenvalue weighted by Crippen LogP contribution is 2.34. The minimum atomic E-state index is -4.95. The molecule has 2 fully saturated rings. The van der Waals surface area contributed by atoms with Crippen LogP contribution in [0.5, 0.6) is 0 Å². The van der Waals surface area contributed by atoms with E-state index in [4.69, 9.17) is 19.2 Å². The van der Waals surface area contributed by atoms with Gasteiger partial charge in [0.2, 0.25) is 5.82 Å². The minimum Gasteiger partial charge on any atom is -0.441 e. The van der Waals surface area contributed by atoms with Gasteiger partial charge in [0.15, 0.2) is 12.2 Å². The molecule has 1 saturated carbocycles. The zero-order chi connectivity index (χ0) is 27.8. The molecule has 18 heteroatoms. The van der Waals surface area contributed by atoms with Crippen LogP contribution in [0.3, 0.4) is 0 Å². The highest BCUT2D eigenvalue weighted by Gasteiger charge is 2.49. The molecule has 0 spiro atoms. The predicted octanol–water partition coefficient (Wildman–Crippen LogP) is 2.20. The van der Waals surface area contributed by atoms with Crippen molar-refractivity contribution in [3.8, 4) is 22.6 Å². The molecule has 3 aromatic rings. The first kappa shape index (κ1) is 27.5. The zero-order valence-corrected chi connectivity index (χ0v) is 19.9. The molecule has 1 unspecified atom stereocenters. The molecule has 0 bridgehead atoms. The zero-order valence-electron chi connectivity index (χ0n) is 19.0. The lowest BCUT2D eigenvalue weighted by Crippen LogP contribution is -2.42. The van der Waals surface area contributed by atoms with Crippen LogP contribution in [0.25, 0.3) is 22.6 Å². The number of alkyl halides is 3. The first-order valence-corrected chi connectivity index (χ1v) is 12.3. The van der Waals surface area contributed by atoms with Gasteiger partial charge < -0.3 is 24.5 Å². The normalized spacial score (nSPS) is 18.6. The molecule has 1 amide bonds. The quantitative estimate of drug-likeness (QED) is 0.264. The summed E-state index contributed by atoms with van der Waals surface area (Å²) in [6, 6.07) is 7.28. The van der Waals surface area contributed by atoms with Crippen molar-refractivity contribution in [3.63, 3.8) is 0 Å². The Balaban J connectivity index is 0.000000617. The second kappa shape index (κ2) is 10.3. The maximum atomic E-state index is 14.8. The molecule has 1 aliphatic carbocycles. The predicted molar refractivity (Wildman–Crippen MR) is 119 cm³/mol. The molecule has 4 N–H and O–H groups in total. The van der Waals surface area contributed by atoms with Crippen LogP contribution in [0.1, 0.15) is 18.9 Å². The maximum Gasteiger partial charge on any atom is 0.466 e. The van der Waals surface area contributed by atoms with Crippen LogP contribution >= 0.6 is 7.82 Å². The number of phosphoric acid groups is 1. The second-order valence-electron chi connectivity index (χ2n) is 8.29. The number of amides is 1. The van der Waals surface area contributed by atoms with Gasteiger partial charge in [0.25, 0.3) is 0 Å². The summed E-state index contributed by atoms with van der Waals surface area (Å²) in [4.78, 5) is 40.2. The molecule has 204 valence electrons. The number of cyclic esters (lactones) is 1. The van der Waals surface area contributed by atoms with Crippen LogP contribution in [0.15, 0.2) is 36.5 Å². The first-order chi connectivity index (χ1) is 17.7. The van der Waals surface area contributed by atoms with Crippen molar-refractivity contribution in [1.29, 1.82) is 0 Å². The van der Waals surface area contributed by atoms with E-state index in [-0.39, 0.29) is 17.3 Å². The van der Waals surface area contributed by atoms with Crippen molar-refractivity contribution in [1.82, 2.24) is 25.2 Å². The Morgan fingerprint density at radius 3 is 2.37 bits per heavy atom. The highest BCUT2D eigenvalue weighted by atomic mass is 31.2. The number of hydrogen-bond donors (Lipinski definition) is 4. The van der Waals surface area contributed by atoms with Gasteiger partial charge in [0, 0.05) is 17.3 Å². The molecule has 0 radical (unpaired) electrons. The van der Waals surface area contributed by atoms with Crippen LogP contribution in [0, 0.1) is 5.82 Å². The molecule has 3 heterocycles. The Kier molecular flexibility index (Phi) is 7.49. The fraction of sp³-hybridized carbons (Fsp3) is 0.350. The molecule has 2 aromatic heterocycles.